The smallest absolute Gasteiger partial charge is 0.246 e. The Balaban J connectivity index is 2.42. The molecule has 2 N–H and O–H groups in total. The van der Waals surface area contributed by atoms with Gasteiger partial charge in [0.15, 0.2) is 0 Å². The van der Waals surface area contributed by atoms with Gasteiger partial charge in [0.1, 0.15) is 24.1 Å². The number of carbonyl (C=O) groups excluding carboxylic acids is 1. The summed E-state index contributed by atoms with van der Waals surface area (Å²) in [6, 6.07) is 6.32. The molecule has 2 unspecified atom stereocenters. The van der Waals surface area contributed by atoms with Gasteiger partial charge in [-0.05, 0) is 32.0 Å². The zero-order valence-electron chi connectivity index (χ0n) is 12.2. The number of benzene rings is 1. The van der Waals surface area contributed by atoms with E-state index in [0.717, 1.165) is 0 Å². The number of nitriles is 1. The van der Waals surface area contributed by atoms with Crippen molar-refractivity contribution in [3.8, 4) is 11.8 Å². The van der Waals surface area contributed by atoms with Crippen LogP contribution < -0.4 is 10.1 Å². The number of carbonyl (C=O) groups is 1. The second-order valence-corrected chi connectivity index (χ2v) is 5.49. The van der Waals surface area contributed by atoms with Crippen molar-refractivity contribution in [3.05, 3.63) is 29.3 Å². The van der Waals surface area contributed by atoms with Crippen LogP contribution in [0.1, 0.15) is 31.0 Å². The molecule has 0 saturated heterocycles. The Morgan fingerprint density at radius 2 is 2.29 bits per heavy atom. The minimum atomic E-state index is -0.945. The molecular weight excluding hydrogens is 272 g/mol. The Bertz CT molecular complexity index is 592. The standard InChI is InChI=1S/C15H18N2O4/c1-15(2)14(19)13(17-12(18)8-20-3)10-6-9(7-16)4-5-11(10)21-15/h4-6,13-14,19H,8H2,1-3H3,(H,17,18). The third kappa shape index (κ3) is 2.99. The largest absolute Gasteiger partial charge is 0.485 e. The monoisotopic (exact) mass is 290 g/mol. The summed E-state index contributed by atoms with van der Waals surface area (Å²) in [7, 11) is 1.42. The molecule has 2 rings (SSSR count). The highest BCUT2D eigenvalue weighted by atomic mass is 16.5. The molecule has 2 atom stereocenters. The third-order valence-electron chi connectivity index (χ3n) is 3.47. The second kappa shape index (κ2) is 5.72. The van der Waals surface area contributed by atoms with E-state index in [1.165, 1.54) is 7.11 Å². The number of ether oxygens (including phenoxy) is 2. The van der Waals surface area contributed by atoms with E-state index in [9.17, 15) is 9.90 Å². The van der Waals surface area contributed by atoms with Gasteiger partial charge in [0, 0.05) is 12.7 Å². The van der Waals surface area contributed by atoms with Gasteiger partial charge in [0.05, 0.1) is 17.7 Å². The molecule has 0 fully saturated rings. The number of nitrogens with one attached hydrogen (secondary N) is 1. The first kappa shape index (κ1) is 15.3. The van der Waals surface area contributed by atoms with Crippen LogP contribution in [-0.2, 0) is 9.53 Å². The number of methoxy groups -OCH3 is 1. The Morgan fingerprint density at radius 1 is 1.57 bits per heavy atom. The van der Waals surface area contributed by atoms with Crippen molar-refractivity contribution in [3.63, 3.8) is 0 Å². The molecule has 6 heteroatoms. The fraction of sp³-hybridized carbons (Fsp3) is 0.467. The molecule has 0 saturated carbocycles. The summed E-state index contributed by atoms with van der Waals surface area (Å²) >= 11 is 0. The molecule has 0 radical (unpaired) electrons. The predicted molar refractivity (Wildman–Crippen MR) is 74.6 cm³/mol. The van der Waals surface area contributed by atoms with Crippen molar-refractivity contribution in [2.75, 3.05) is 13.7 Å². The van der Waals surface area contributed by atoms with Crippen LogP contribution in [0.15, 0.2) is 18.2 Å². The normalized spacial score (nSPS) is 22.6. The summed E-state index contributed by atoms with van der Waals surface area (Å²) < 4.78 is 10.5. The van der Waals surface area contributed by atoms with Gasteiger partial charge in [-0.2, -0.15) is 5.26 Å². The summed E-state index contributed by atoms with van der Waals surface area (Å²) in [4.78, 5) is 11.8. The van der Waals surface area contributed by atoms with Gasteiger partial charge < -0.3 is 19.9 Å². The molecule has 0 bridgehead atoms. The van der Waals surface area contributed by atoms with Crippen molar-refractivity contribution in [2.24, 2.45) is 0 Å². The molecule has 1 aliphatic heterocycles. The molecular formula is C15H18N2O4. The van der Waals surface area contributed by atoms with E-state index < -0.39 is 17.7 Å². The van der Waals surface area contributed by atoms with Gasteiger partial charge in [0.2, 0.25) is 5.91 Å². The van der Waals surface area contributed by atoms with Crippen molar-refractivity contribution in [2.45, 2.75) is 31.6 Å². The molecule has 1 aromatic rings. The SMILES string of the molecule is COCC(=O)NC1c2cc(C#N)ccc2OC(C)(C)C1O. The van der Waals surface area contributed by atoms with Gasteiger partial charge in [-0.25, -0.2) is 0 Å². The molecule has 0 spiro atoms. The summed E-state index contributed by atoms with van der Waals surface area (Å²) in [6.07, 6.45) is -0.945. The summed E-state index contributed by atoms with van der Waals surface area (Å²) in [5.41, 5.74) is 0.173. The number of amides is 1. The first-order chi connectivity index (χ1) is 9.89. The number of aliphatic hydroxyl groups is 1. The maximum atomic E-state index is 11.8. The minimum absolute atomic E-state index is 0.0994. The van der Waals surface area contributed by atoms with E-state index in [1.54, 1.807) is 32.0 Å². The van der Waals surface area contributed by atoms with Crippen LogP contribution in [0.3, 0.4) is 0 Å². The lowest BCUT2D eigenvalue weighted by Crippen LogP contribution is -2.53. The first-order valence-electron chi connectivity index (χ1n) is 6.58. The number of rotatable bonds is 3. The topological polar surface area (TPSA) is 91.6 Å². The number of nitrogens with zero attached hydrogens (tertiary/aromatic N) is 1. The highest BCUT2D eigenvalue weighted by molar-refractivity contribution is 5.78. The minimum Gasteiger partial charge on any atom is -0.485 e. The number of fused-ring (bicyclic) bond motifs is 1. The van der Waals surface area contributed by atoms with E-state index in [0.29, 0.717) is 16.9 Å². The summed E-state index contributed by atoms with van der Waals surface area (Å²) in [5, 5.41) is 22.2. The highest BCUT2D eigenvalue weighted by Crippen LogP contribution is 2.40. The van der Waals surface area contributed by atoms with E-state index in [2.05, 4.69) is 5.32 Å². The fourth-order valence-electron chi connectivity index (χ4n) is 2.37. The van der Waals surface area contributed by atoms with Gasteiger partial charge in [-0.1, -0.05) is 0 Å². The van der Waals surface area contributed by atoms with Crippen molar-refractivity contribution >= 4 is 5.91 Å². The highest BCUT2D eigenvalue weighted by Gasteiger charge is 2.43. The van der Waals surface area contributed by atoms with Gasteiger partial charge >= 0.3 is 0 Å². The van der Waals surface area contributed by atoms with E-state index in [1.807, 2.05) is 6.07 Å². The van der Waals surface area contributed by atoms with Crippen molar-refractivity contribution in [1.29, 1.82) is 5.26 Å². The van der Waals surface area contributed by atoms with Gasteiger partial charge in [0.25, 0.3) is 0 Å². The Morgan fingerprint density at radius 3 is 2.90 bits per heavy atom. The zero-order valence-corrected chi connectivity index (χ0v) is 12.2. The lowest BCUT2D eigenvalue weighted by Gasteiger charge is -2.42. The molecule has 21 heavy (non-hydrogen) atoms. The second-order valence-electron chi connectivity index (χ2n) is 5.49. The molecule has 0 aromatic heterocycles. The first-order valence-corrected chi connectivity index (χ1v) is 6.58. The van der Waals surface area contributed by atoms with Crippen LogP contribution >= 0.6 is 0 Å². The quantitative estimate of drug-likeness (QED) is 0.862. The maximum absolute atomic E-state index is 11.8. The molecule has 6 nitrogen and oxygen atoms in total. The Kier molecular flexibility index (Phi) is 4.16. The summed E-state index contributed by atoms with van der Waals surface area (Å²) in [6.45, 7) is 3.39. The van der Waals surface area contributed by atoms with E-state index >= 15 is 0 Å². The third-order valence-corrected chi connectivity index (χ3v) is 3.47. The number of hydrogen-bond acceptors (Lipinski definition) is 5. The van der Waals surface area contributed by atoms with Crippen LogP contribution in [0.5, 0.6) is 5.75 Å². The van der Waals surface area contributed by atoms with E-state index in [4.69, 9.17) is 14.7 Å². The fourth-order valence-corrected chi connectivity index (χ4v) is 2.37. The average molecular weight is 290 g/mol. The van der Waals surface area contributed by atoms with Crippen LogP contribution in [0.25, 0.3) is 0 Å². The van der Waals surface area contributed by atoms with Gasteiger partial charge in [-0.3, -0.25) is 4.79 Å². The Labute approximate surface area is 123 Å². The van der Waals surface area contributed by atoms with Crippen LogP contribution in [0, 0.1) is 11.3 Å². The molecule has 1 aliphatic rings. The van der Waals surface area contributed by atoms with Crippen LogP contribution in [0.4, 0.5) is 0 Å². The summed E-state index contributed by atoms with van der Waals surface area (Å²) in [5.74, 6) is 0.208. The zero-order chi connectivity index (χ0) is 15.6. The van der Waals surface area contributed by atoms with Gasteiger partial charge in [-0.15, -0.1) is 0 Å². The van der Waals surface area contributed by atoms with Crippen molar-refractivity contribution < 1.29 is 19.4 Å². The molecule has 1 heterocycles. The predicted octanol–water partition coefficient (Wildman–Crippen LogP) is 0.894. The molecule has 0 aliphatic carbocycles. The number of aliphatic hydroxyl groups excluding tert-OH is 1. The van der Waals surface area contributed by atoms with Crippen LogP contribution in [-0.4, -0.2) is 36.4 Å². The number of hydrogen-bond donors (Lipinski definition) is 2. The maximum Gasteiger partial charge on any atom is 0.246 e. The van der Waals surface area contributed by atoms with Crippen molar-refractivity contribution in [1.82, 2.24) is 5.32 Å². The molecule has 1 amide bonds. The molecule has 1 aromatic carbocycles. The lowest BCUT2D eigenvalue weighted by molar-refractivity contribution is -0.129. The lowest BCUT2D eigenvalue weighted by atomic mass is 9.86. The van der Waals surface area contributed by atoms with E-state index in [-0.39, 0.29) is 12.5 Å². The average Bonchev–Trinajstić information content (AvgIpc) is 2.43. The Hall–Kier alpha value is -2.10. The molecule has 112 valence electrons. The van der Waals surface area contributed by atoms with Crippen LogP contribution in [0.2, 0.25) is 0 Å².